The summed E-state index contributed by atoms with van der Waals surface area (Å²) >= 11 is 0. The van der Waals surface area contributed by atoms with Gasteiger partial charge in [-0.25, -0.2) is 13.1 Å². The zero-order valence-electron chi connectivity index (χ0n) is 14.4. The van der Waals surface area contributed by atoms with Crippen molar-refractivity contribution >= 4 is 21.6 Å². The number of carbonyl (C=O) groups is 1. The van der Waals surface area contributed by atoms with E-state index in [0.717, 1.165) is 25.0 Å². The van der Waals surface area contributed by atoms with Crippen LogP contribution < -0.4 is 4.72 Å². The van der Waals surface area contributed by atoms with Gasteiger partial charge in [0.2, 0.25) is 15.9 Å². The normalized spacial score (nSPS) is 23.2. The summed E-state index contributed by atoms with van der Waals surface area (Å²) in [4.78, 5) is 19.2. The largest absolute Gasteiger partial charge is 0.333 e. The van der Waals surface area contributed by atoms with Crippen LogP contribution in [0.5, 0.6) is 0 Å². The van der Waals surface area contributed by atoms with E-state index in [1.807, 2.05) is 31.9 Å². The highest BCUT2D eigenvalue weighted by atomic mass is 32.2. The first-order chi connectivity index (χ1) is 10.7. The summed E-state index contributed by atoms with van der Waals surface area (Å²) in [7, 11) is -3.42. The van der Waals surface area contributed by atoms with Crippen molar-refractivity contribution < 1.29 is 13.2 Å². The average Bonchev–Trinajstić information content (AvgIpc) is 3.12. The summed E-state index contributed by atoms with van der Waals surface area (Å²) in [6, 6.07) is -0.708. The van der Waals surface area contributed by atoms with Crippen molar-refractivity contribution in [1.29, 1.82) is 0 Å². The standard InChI is InChI=1S/C16H27N3O3S/c1-5-23(21,22)18-15(11(2)3)16(20)19-8-6-7-14(19)13-9-12(4)10-17-13/h10-11,14-15,18H,5-9H2,1-4H3/t14-,15+/m0/s1. The zero-order valence-corrected chi connectivity index (χ0v) is 15.2. The van der Waals surface area contributed by atoms with Crippen molar-refractivity contribution in [2.45, 2.75) is 59.0 Å². The third-order valence-electron chi connectivity index (χ3n) is 4.45. The Kier molecular flexibility index (Phi) is 5.62. The van der Waals surface area contributed by atoms with E-state index in [1.54, 1.807) is 6.92 Å². The smallest absolute Gasteiger partial charge is 0.241 e. The molecule has 7 heteroatoms. The van der Waals surface area contributed by atoms with Gasteiger partial charge in [0, 0.05) is 24.9 Å². The molecule has 2 heterocycles. The molecule has 1 N–H and O–H groups in total. The van der Waals surface area contributed by atoms with Gasteiger partial charge < -0.3 is 4.90 Å². The Bertz CT molecular complexity index is 622. The second-order valence-electron chi connectivity index (χ2n) is 6.71. The first kappa shape index (κ1) is 18.1. The number of nitrogens with one attached hydrogen (secondary N) is 1. The van der Waals surface area contributed by atoms with Gasteiger partial charge in [0.25, 0.3) is 0 Å². The number of aliphatic imine (C=N–C) groups is 1. The Morgan fingerprint density at radius 2 is 2.17 bits per heavy atom. The van der Waals surface area contributed by atoms with Gasteiger partial charge in [0.15, 0.2) is 0 Å². The molecule has 1 amide bonds. The molecule has 2 rings (SSSR count). The Morgan fingerprint density at radius 1 is 1.48 bits per heavy atom. The minimum absolute atomic E-state index is 0.00332. The van der Waals surface area contributed by atoms with Crippen LogP contribution in [-0.2, 0) is 14.8 Å². The van der Waals surface area contributed by atoms with Gasteiger partial charge in [-0.05, 0) is 38.2 Å². The van der Waals surface area contributed by atoms with E-state index in [4.69, 9.17) is 0 Å². The minimum Gasteiger partial charge on any atom is -0.333 e. The third-order valence-corrected chi connectivity index (χ3v) is 5.82. The SMILES string of the molecule is CCS(=O)(=O)N[C@@H](C(=O)N1CCC[C@H]1C1=NC=C(C)C1)C(C)C. The summed E-state index contributed by atoms with van der Waals surface area (Å²) in [5.41, 5.74) is 2.22. The van der Waals surface area contributed by atoms with Crippen LogP contribution in [0, 0.1) is 5.92 Å². The van der Waals surface area contributed by atoms with Crippen LogP contribution in [0.3, 0.4) is 0 Å². The fraction of sp³-hybridized carbons (Fsp3) is 0.750. The molecule has 0 unspecified atom stereocenters. The van der Waals surface area contributed by atoms with Crippen LogP contribution in [0.1, 0.15) is 47.0 Å². The van der Waals surface area contributed by atoms with Crippen LogP contribution >= 0.6 is 0 Å². The topological polar surface area (TPSA) is 78.8 Å². The summed E-state index contributed by atoms with van der Waals surface area (Å²) in [5, 5.41) is 0. The Hall–Kier alpha value is -1.21. The van der Waals surface area contributed by atoms with Crippen LogP contribution in [-0.4, -0.2) is 49.3 Å². The zero-order chi connectivity index (χ0) is 17.2. The number of allylic oxidation sites excluding steroid dienone is 1. The van der Waals surface area contributed by atoms with Crippen molar-refractivity contribution in [3.63, 3.8) is 0 Å². The lowest BCUT2D eigenvalue weighted by Crippen LogP contribution is -2.53. The molecule has 130 valence electrons. The van der Waals surface area contributed by atoms with Gasteiger partial charge in [0.1, 0.15) is 6.04 Å². The number of sulfonamides is 1. The molecule has 1 fully saturated rings. The second-order valence-corrected chi connectivity index (χ2v) is 8.75. The van der Waals surface area contributed by atoms with E-state index in [0.29, 0.717) is 6.54 Å². The maximum atomic E-state index is 13.0. The summed E-state index contributed by atoms with van der Waals surface area (Å²) in [6.07, 6.45) is 4.49. The lowest BCUT2D eigenvalue weighted by atomic mass is 10.0. The number of hydrogen-bond donors (Lipinski definition) is 1. The fourth-order valence-corrected chi connectivity index (χ4v) is 4.00. The van der Waals surface area contributed by atoms with Gasteiger partial charge in [-0.1, -0.05) is 13.8 Å². The van der Waals surface area contributed by atoms with E-state index in [1.165, 1.54) is 5.57 Å². The van der Waals surface area contributed by atoms with Crippen LogP contribution in [0.4, 0.5) is 0 Å². The van der Waals surface area contributed by atoms with Crippen molar-refractivity contribution in [3.05, 3.63) is 11.8 Å². The average molecular weight is 341 g/mol. The molecule has 0 saturated carbocycles. The number of rotatable bonds is 6. The van der Waals surface area contributed by atoms with Gasteiger partial charge >= 0.3 is 0 Å². The fourth-order valence-electron chi connectivity index (χ4n) is 3.08. The molecule has 0 aromatic carbocycles. The van der Waals surface area contributed by atoms with Crippen molar-refractivity contribution in [2.24, 2.45) is 10.9 Å². The first-order valence-corrected chi connectivity index (χ1v) is 9.93. The van der Waals surface area contributed by atoms with Gasteiger partial charge in [-0.3, -0.25) is 9.79 Å². The summed E-state index contributed by atoms with van der Waals surface area (Å²) in [6.45, 7) is 8.00. The Labute approximate surface area is 139 Å². The molecule has 23 heavy (non-hydrogen) atoms. The van der Waals surface area contributed by atoms with E-state index < -0.39 is 16.1 Å². The quantitative estimate of drug-likeness (QED) is 0.798. The molecule has 0 aromatic heterocycles. The van der Waals surface area contributed by atoms with E-state index >= 15 is 0 Å². The Balaban J connectivity index is 2.15. The summed E-state index contributed by atoms with van der Waals surface area (Å²) < 4.78 is 26.4. The molecule has 2 atom stereocenters. The molecule has 0 aromatic rings. The highest BCUT2D eigenvalue weighted by molar-refractivity contribution is 7.89. The molecule has 6 nitrogen and oxygen atoms in total. The highest BCUT2D eigenvalue weighted by Gasteiger charge is 2.38. The lowest BCUT2D eigenvalue weighted by Gasteiger charge is -2.31. The van der Waals surface area contributed by atoms with Gasteiger partial charge in [-0.2, -0.15) is 0 Å². The predicted octanol–water partition coefficient (Wildman–Crippen LogP) is 1.69. The molecule has 0 bridgehead atoms. The van der Waals surface area contributed by atoms with Crippen LogP contribution in [0.15, 0.2) is 16.8 Å². The molecule has 0 radical (unpaired) electrons. The van der Waals surface area contributed by atoms with Crippen molar-refractivity contribution in [1.82, 2.24) is 9.62 Å². The highest BCUT2D eigenvalue weighted by Crippen LogP contribution is 2.26. The number of hydrogen-bond acceptors (Lipinski definition) is 4. The number of nitrogens with zero attached hydrogens (tertiary/aromatic N) is 2. The molecule has 2 aliphatic heterocycles. The van der Waals surface area contributed by atoms with E-state index in [-0.39, 0.29) is 23.6 Å². The molecular weight excluding hydrogens is 314 g/mol. The van der Waals surface area contributed by atoms with E-state index in [9.17, 15) is 13.2 Å². The van der Waals surface area contributed by atoms with Gasteiger partial charge in [0.05, 0.1) is 11.8 Å². The molecule has 0 spiro atoms. The number of carbonyl (C=O) groups excluding carboxylic acids is 1. The van der Waals surface area contributed by atoms with E-state index in [2.05, 4.69) is 9.71 Å². The third kappa shape index (κ3) is 4.20. The van der Waals surface area contributed by atoms with Gasteiger partial charge in [-0.15, -0.1) is 0 Å². The maximum absolute atomic E-state index is 13.0. The Morgan fingerprint density at radius 3 is 2.70 bits per heavy atom. The molecular formula is C16H27N3O3S. The van der Waals surface area contributed by atoms with Crippen LogP contribution in [0.2, 0.25) is 0 Å². The first-order valence-electron chi connectivity index (χ1n) is 8.28. The lowest BCUT2D eigenvalue weighted by molar-refractivity contribution is -0.133. The molecule has 1 saturated heterocycles. The number of amides is 1. The number of likely N-dealkylation sites (tertiary alicyclic amines) is 1. The monoisotopic (exact) mass is 341 g/mol. The maximum Gasteiger partial charge on any atom is 0.241 e. The van der Waals surface area contributed by atoms with Crippen molar-refractivity contribution in [2.75, 3.05) is 12.3 Å². The van der Waals surface area contributed by atoms with Crippen LogP contribution in [0.25, 0.3) is 0 Å². The second kappa shape index (κ2) is 7.13. The predicted molar refractivity (Wildman–Crippen MR) is 91.8 cm³/mol. The molecule has 2 aliphatic rings. The summed E-state index contributed by atoms with van der Waals surface area (Å²) in [5.74, 6) is -0.259. The van der Waals surface area contributed by atoms with Crippen molar-refractivity contribution in [3.8, 4) is 0 Å². The molecule has 0 aliphatic carbocycles. The minimum atomic E-state index is -3.42.